The van der Waals surface area contributed by atoms with E-state index < -0.39 is 0 Å². The topological polar surface area (TPSA) is 77.3 Å². The number of fused-ring (bicyclic) bond motifs is 1. The largest absolute Gasteiger partial charge is 0.376 e. The molecule has 2 aliphatic heterocycles. The molecule has 7 nitrogen and oxygen atoms in total. The van der Waals surface area contributed by atoms with Crippen LogP contribution in [0.2, 0.25) is 0 Å². The van der Waals surface area contributed by atoms with E-state index in [0.717, 1.165) is 18.5 Å². The lowest BCUT2D eigenvalue weighted by Crippen LogP contribution is -2.36. The van der Waals surface area contributed by atoms with Gasteiger partial charge in [-0.3, -0.25) is 19.1 Å². The van der Waals surface area contributed by atoms with Crippen molar-refractivity contribution in [1.29, 1.82) is 0 Å². The zero-order chi connectivity index (χ0) is 15.1. The Kier molecular flexibility index (Phi) is 3.00. The van der Waals surface area contributed by atoms with Gasteiger partial charge in [0.1, 0.15) is 12.7 Å². The normalized spacial score (nSPS) is 20.7. The summed E-state index contributed by atoms with van der Waals surface area (Å²) < 4.78 is 7.22. The SMILES string of the molecule is O=C1c2ccc(-n3cnnc3)cc2C(=O)N1C[C@H]1CCCO1. The average Bonchev–Trinajstić information content (AvgIpc) is 3.26. The van der Waals surface area contributed by atoms with Gasteiger partial charge in [-0.2, -0.15) is 0 Å². The minimum Gasteiger partial charge on any atom is -0.376 e. The average molecular weight is 298 g/mol. The quantitative estimate of drug-likeness (QED) is 0.791. The predicted molar refractivity (Wildman–Crippen MR) is 75.7 cm³/mol. The third-order valence-electron chi connectivity index (χ3n) is 4.08. The standard InChI is InChI=1S/C15H14N4O3/c20-14-12-4-3-10(18-8-16-17-9-18)6-13(12)15(21)19(14)7-11-2-1-5-22-11/h3-4,6,8-9,11H,1-2,5,7H2/t11-/m1/s1. The number of rotatable bonds is 3. The van der Waals surface area contributed by atoms with Crippen LogP contribution in [0.3, 0.4) is 0 Å². The second-order valence-corrected chi connectivity index (χ2v) is 5.45. The van der Waals surface area contributed by atoms with Crippen LogP contribution < -0.4 is 0 Å². The maximum absolute atomic E-state index is 12.5. The van der Waals surface area contributed by atoms with Crippen LogP contribution in [0.15, 0.2) is 30.9 Å². The summed E-state index contributed by atoms with van der Waals surface area (Å²) in [5.74, 6) is -0.503. The fourth-order valence-corrected chi connectivity index (χ4v) is 2.93. The molecule has 1 fully saturated rings. The summed E-state index contributed by atoms with van der Waals surface area (Å²) in [6.45, 7) is 1.03. The molecule has 2 amide bonds. The third kappa shape index (κ3) is 2.01. The van der Waals surface area contributed by atoms with Gasteiger partial charge in [-0.05, 0) is 31.0 Å². The molecule has 4 rings (SSSR count). The van der Waals surface area contributed by atoms with Crippen LogP contribution in [-0.2, 0) is 4.74 Å². The number of aromatic nitrogens is 3. The number of hydrogen-bond donors (Lipinski definition) is 0. The molecule has 7 heteroatoms. The minimum atomic E-state index is -0.259. The van der Waals surface area contributed by atoms with Crippen LogP contribution >= 0.6 is 0 Å². The first-order valence-corrected chi connectivity index (χ1v) is 7.21. The maximum Gasteiger partial charge on any atom is 0.261 e. The Hall–Kier alpha value is -2.54. The fourth-order valence-electron chi connectivity index (χ4n) is 2.93. The van der Waals surface area contributed by atoms with Crippen LogP contribution in [0.4, 0.5) is 0 Å². The molecule has 0 radical (unpaired) electrons. The zero-order valence-electron chi connectivity index (χ0n) is 11.8. The first kappa shape index (κ1) is 13.1. The Labute approximate surface area is 126 Å². The molecule has 1 aromatic heterocycles. The monoisotopic (exact) mass is 298 g/mol. The number of nitrogens with zero attached hydrogens (tertiary/aromatic N) is 4. The van der Waals surface area contributed by atoms with E-state index in [1.807, 2.05) is 0 Å². The minimum absolute atomic E-state index is 0.0421. The molecule has 1 saturated heterocycles. The number of carbonyl (C=O) groups is 2. The Morgan fingerprint density at radius 3 is 2.64 bits per heavy atom. The van der Waals surface area contributed by atoms with Crippen molar-refractivity contribution in [2.24, 2.45) is 0 Å². The fraction of sp³-hybridized carbons (Fsp3) is 0.333. The maximum atomic E-state index is 12.5. The van der Waals surface area contributed by atoms with Gasteiger partial charge < -0.3 is 4.74 Å². The van der Waals surface area contributed by atoms with Crippen LogP contribution in [0.1, 0.15) is 33.6 Å². The van der Waals surface area contributed by atoms with Gasteiger partial charge in [0.05, 0.1) is 23.8 Å². The lowest BCUT2D eigenvalue weighted by atomic mass is 10.1. The van der Waals surface area contributed by atoms with E-state index in [4.69, 9.17) is 4.74 Å². The predicted octanol–water partition coefficient (Wildman–Crippen LogP) is 1.04. The van der Waals surface area contributed by atoms with Crippen molar-refractivity contribution >= 4 is 11.8 Å². The van der Waals surface area contributed by atoms with Crippen molar-refractivity contribution in [2.45, 2.75) is 18.9 Å². The van der Waals surface area contributed by atoms with E-state index in [1.54, 1.807) is 35.4 Å². The zero-order valence-corrected chi connectivity index (χ0v) is 11.8. The molecule has 112 valence electrons. The summed E-state index contributed by atoms with van der Waals surface area (Å²) >= 11 is 0. The van der Waals surface area contributed by atoms with Gasteiger partial charge in [0.2, 0.25) is 0 Å². The Morgan fingerprint density at radius 1 is 1.14 bits per heavy atom. The first-order valence-electron chi connectivity index (χ1n) is 7.21. The van der Waals surface area contributed by atoms with Crippen molar-refractivity contribution in [2.75, 3.05) is 13.2 Å². The van der Waals surface area contributed by atoms with E-state index in [9.17, 15) is 9.59 Å². The highest BCUT2D eigenvalue weighted by Gasteiger charge is 2.37. The van der Waals surface area contributed by atoms with Crippen molar-refractivity contribution in [3.8, 4) is 5.69 Å². The van der Waals surface area contributed by atoms with Gasteiger partial charge >= 0.3 is 0 Å². The number of carbonyl (C=O) groups excluding carboxylic acids is 2. The molecule has 1 aromatic carbocycles. The summed E-state index contributed by atoms with van der Waals surface area (Å²) in [4.78, 5) is 26.2. The highest BCUT2D eigenvalue weighted by atomic mass is 16.5. The van der Waals surface area contributed by atoms with E-state index in [-0.39, 0.29) is 17.9 Å². The molecule has 2 aromatic rings. The molecular weight excluding hydrogens is 284 g/mol. The molecule has 3 heterocycles. The van der Waals surface area contributed by atoms with E-state index in [1.165, 1.54) is 4.90 Å². The summed E-state index contributed by atoms with van der Waals surface area (Å²) in [7, 11) is 0. The van der Waals surface area contributed by atoms with E-state index in [0.29, 0.717) is 24.3 Å². The van der Waals surface area contributed by atoms with Crippen molar-refractivity contribution < 1.29 is 14.3 Å². The number of hydrogen-bond acceptors (Lipinski definition) is 5. The van der Waals surface area contributed by atoms with E-state index in [2.05, 4.69) is 10.2 Å². The van der Waals surface area contributed by atoms with Crippen molar-refractivity contribution in [3.05, 3.63) is 42.0 Å². The summed E-state index contributed by atoms with van der Waals surface area (Å²) in [6, 6.07) is 5.16. The molecule has 0 bridgehead atoms. The molecule has 0 aliphatic carbocycles. The number of benzene rings is 1. The first-order chi connectivity index (χ1) is 10.7. The summed E-state index contributed by atoms with van der Waals surface area (Å²) in [6.07, 6.45) is 4.92. The molecule has 0 N–H and O–H groups in total. The number of ether oxygens (including phenoxy) is 1. The second kappa shape index (κ2) is 5.03. The summed E-state index contributed by atoms with van der Waals surface area (Å²) in [5, 5.41) is 7.49. The second-order valence-electron chi connectivity index (χ2n) is 5.45. The van der Waals surface area contributed by atoms with Crippen LogP contribution in [-0.4, -0.2) is 50.7 Å². The Bertz CT molecular complexity index is 735. The van der Waals surface area contributed by atoms with E-state index >= 15 is 0 Å². The highest BCUT2D eigenvalue weighted by Crippen LogP contribution is 2.26. The number of amides is 2. The highest BCUT2D eigenvalue weighted by molar-refractivity contribution is 6.21. The number of imide groups is 1. The van der Waals surface area contributed by atoms with Gasteiger partial charge in [0, 0.05) is 12.3 Å². The smallest absolute Gasteiger partial charge is 0.261 e. The molecule has 0 unspecified atom stereocenters. The molecule has 22 heavy (non-hydrogen) atoms. The molecular formula is C15H14N4O3. The van der Waals surface area contributed by atoms with Crippen LogP contribution in [0, 0.1) is 0 Å². The summed E-state index contributed by atoms with van der Waals surface area (Å²) in [5.41, 5.74) is 1.62. The van der Waals surface area contributed by atoms with Crippen LogP contribution in [0.5, 0.6) is 0 Å². The Balaban J connectivity index is 1.65. The van der Waals surface area contributed by atoms with Gasteiger partial charge in [-0.15, -0.1) is 10.2 Å². The van der Waals surface area contributed by atoms with Gasteiger partial charge in [-0.1, -0.05) is 0 Å². The molecule has 0 saturated carbocycles. The Morgan fingerprint density at radius 2 is 1.91 bits per heavy atom. The van der Waals surface area contributed by atoms with Gasteiger partial charge in [0.15, 0.2) is 0 Å². The molecule has 0 spiro atoms. The lowest BCUT2D eigenvalue weighted by Gasteiger charge is -2.17. The molecule has 2 aliphatic rings. The van der Waals surface area contributed by atoms with Crippen LogP contribution in [0.25, 0.3) is 5.69 Å². The van der Waals surface area contributed by atoms with Crippen molar-refractivity contribution in [3.63, 3.8) is 0 Å². The van der Waals surface area contributed by atoms with Gasteiger partial charge in [0.25, 0.3) is 11.8 Å². The third-order valence-corrected chi connectivity index (χ3v) is 4.08. The van der Waals surface area contributed by atoms with Crippen molar-refractivity contribution in [1.82, 2.24) is 19.7 Å². The lowest BCUT2D eigenvalue weighted by molar-refractivity contribution is 0.0475. The van der Waals surface area contributed by atoms with Gasteiger partial charge in [-0.25, -0.2) is 0 Å². The molecule has 1 atom stereocenters.